The van der Waals surface area contributed by atoms with Gasteiger partial charge in [0.2, 0.25) is 10.0 Å². The molecule has 0 aliphatic rings. The monoisotopic (exact) mass is 339 g/mol. The first-order valence-corrected chi connectivity index (χ1v) is 8.59. The largest absolute Gasteiger partial charge is 0.497 e. The summed E-state index contributed by atoms with van der Waals surface area (Å²) in [6.07, 6.45) is 0.502. The molecule has 0 spiro atoms. The first-order valence-electron chi connectivity index (χ1n) is 7.11. The molecule has 0 unspecified atom stereocenters. The molecule has 1 aromatic heterocycles. The van der Waals surface area contributed by atoms with Crippen LogP contribution in [0, 0.1) is 13.8 Å². The van der Waals surface area contributed by atoms with Crippen LogP contribution in [0.3, 0.4) is 0 Å². The minimum Gasteiger partial charge on any atom is -0.497 e. The van der Waals surface area contributed by atoms with Gasteiger partial charge in [0.25, 0.3) is 0 Å². The Kier molecular flexibility index (Phi) is 5.27. The predicted octanol–water partition coefficient (Wildman–Crippen LogP) is 1.56. The summed E-state index contributed by atoms with van der Waals surface area (Å²) in [7, 11) is -0.439. The van der Waals surface area contributed by atoms with Crippen molar-refractivity contribution in [2.75, 3.05) is 20.8 Å². The summed E-state index contributed by atoms with van der Waals surface area (Å²) in [4.78, 5) is 0.208. The average molecular weight is 339 g/mol. The van der Waals surface area contributed by atoms with Gasteiger partial charge in [0.05, 0.1) is 25.6 Å². The summed E-state index contributed by atoms with van der Waals surface area (Å²) in [5, 5.41) is 6.60. The number of aromatic nitrogens is 2. The molecule has 0 amide bonds. The molecule has 2 rings (SSSR count). The standard InChI is InChI=1S/C15H21N3O4S/c1-10-15(11(2)18-17-10)23(19,20)16-8-7-12-5-6-13(21-3)9-14(12)22-4/h5-6,9,16H,7-8H2,1-4H3,(H,17,18). The van der Waals surface area contributed by atoms with Gasteiger partial charge in [-0.1, -0.05) is 6.07 Å². The number of benzene rings is 1. The third-order valence-corrected chi connectivity index (χ3v) is 5.23. The molecule has 0 bridgehead atoms. The molecule has 8 heteroatoms. The molecule has 0 fully saturated rings. The SMILES string of the molecule is COc1ccc(CCNS(=O)(=O)c2c(C)n[nH]c2C)c(OC)c1. The summed E-state index contributed by atoms with van der Waals surface area (Å²) in [5.74, 6) is 1.36. The Morgan fingerprint density at radius 2 is 1.96 bits per heavy atom. The maximum absolute atomic E-state index is 12.4. The number of hydrogen-bond acceptors (Lipinski definition) is 5. The summed E-state index contributed by atoms with van der Waals surface area (Å²) >= 11 is 0. The molecule has 1 heterocycles. The molecule has 0 aliphatic heterocycles. The van der Waals surface area contributed by atoms with E-state index in [4.69, 9.17) is 9.47 Å². The Balaban J connectivity index is 2.08. The van der Waals surface area contributed by atoms with Crippen molar-refractivity contribution in [1.29, 1.82) is 0 Å². The van der Waals surface area contributed by atoms with E-state index in [1.165, 1.54) is 0 Å². The molecule has 126 valence electrons. The average Bonchev–Trinajstić information content (AvgIpc) is 2.87. The number of rotatable bonds is 7. The number of nitrogens with zero attached hydrogens (tertiary/aromatic N) is 1. The lowest BCUT2D eigenvalue weighted by molar-refractivity contribution is 0.391. The number of hydrogen-bond donors (Lipinski definition) is 2. The van der Waals surface area contributed by atoms with Gasteiger partial charge in [-0.05, 0) is 31.9 Å². The number of sulfonamides is 1. The van der Waals surface area contributed by atoms with E-state index in [-0.39, 0.29) is 11.4 Å². The van der Waals surface area contributed by atoms with Gasteiger partial charge < -0.3 is 9.47 Å². The lowest BCUT2D eigenvalue weighted by Gasteiger charge is -2.11. The van der Waals surface area contributed by atoms with Gasteiger partial charge in [-0.2, -0.15) is 5.10 Å². The van der Waals surface area contributed by atoms with Crippen LogP contribution in [0.4, 0.5) is 0 Å². The van der Waals surface area contributed by atoms with Crippen LogP contribution in [0.5, 0.6) is 11.5 Å². The molecule has 0 atom stereocenters. The fourth-order valence-electron chi connectivity index (χ4n) is 2.39. The molecule has 2 N–H and O–H groups in total. The number of methoxy groups -OCH3 is 2. The van der Waals surface area contributed by atoms with Gasteiger partial charge in [0.1, 0.15) is 16.4 Å². The minimum absolute atomic E-state index is 0.208. The van der Waals surface area contributed by atoms with Gasteiger partial charge in [-0.25, -0.2) is 13.1 Å². The van der Waals surface area contributed by atoms with Crippen LogP contribution in [0.25, 0.3) is 0 Å². The van der Waals surface area contributed by atoms with Crippen LogP contribution in [0.15, 0.2) is 23.1 Å². The second kappa shape index (κ2) is 7.01. The molecule has 0 aliphatic carbocycles. The fourth-order valence-corrected chi connectivity index (χ4v) is 3.79. The molecule has 0 radical (unpaired) electrons. The normalized spacial score (nSPS) is 11.5. The third-order valence-electron chi connectivity index (χ3n) is 3.51. The van der Waals surface area contributed by atoms with Crippen molar-refractivity contribution in [2.45, 2.75) is 25.2 Å². The smallest absolute Gasteiger partial charge is 0.244 e. The van der Waals surface area contributed by atoms with Crippen molar-refractivity contribution in [1.82, 2.24) is 14.9 Å². The zero-order chi connectivity index (χ0) is 17.0. The van der Waals surface area contributed by atoms with Crippen molar-refractivity contribution in [3.63, 3.8) is 0 Å². The van der Waals surface area contributed by atoms with E-state index in [9.17, 15) is 8.42 Å². The van der Waals surface area contributed by atoms with Gasteiger partial charge in [0.15, 0.2) is 0 Å². The number of nitrogens with one attached hydrogen (secondary N) is 2. The van der Waals surface area contributed by atoms with Crippen molar-refractivity contribution >= 4 is 10.0 Å². The molecule has 0 saturated carbocycles. The Morgan fingerprint density at radius 3 is 2.52 bits per heavy atom. The highest BCUT2D eigenvalue weighted by Crippen LogP contribution is 2.25. The van der Waals surface area contributed by atoms with Crippen LogP contribution in [-0.4, -0.2) is 39.4 Å². The predicted molar refractivity (Wildman–Crippen MR) is 86.5 cm³/mol. The Labute approximate surface area is 136 Å². The van der Waals surface area contributed by atoms with Gasteiger partial charge >= 0.3 is 0 Å². The van der Waals surface area contributed by atoms with Crippen LogP contribution in [0.1, 0.15) is 17.0 Å². The number of aromatic amines is 1. The lowest BCUT2D eigenvalue weighted by atomic mass is 10.1. The van der Waals surface area contributed by atoms with E-state index < -0.39 is 10.0 Å². The molecule has 1 aromatic carbocycles. The van der Waals surface area contributed by atoms with Gasteiger partial charge in [-0.3, -0.25) is 5.10 Å². The van der Waals surface area contributed by atoms with Crippen LogP contribution in [-0.2, 0) is 16.4 Å². The summed E-state index contributed by atoms with van der Waals surface area (Å²) in [6, 6.07) is 5.45. The highest BCUT2D eigenvalue weighted by molar-refractivity contribution is 7.89. The van der Waals surface area contributed by atoms with E-state index in [0.29, 0.717) is 29.3 Å². The van der Waals surface area contributed by atoms with Crippen LogP contribution < -0.4 is 14.2 Å². The number of H-pyrrole nitrogens is 1. The molecule has 23 heavy (non-hydrogen) atoms. The fraction of sp³-hybridized carbons (Fsp3) is 0.400. The first kappa shape index (κ1) is 17.3. The van der Waals surface area contributed by atoms with Crippen LogP contribution >= 0.6 is 0 Å². The molecule has 7 nitrogen and oxygen atoms in total. The third kappa shape index (κ3) is 3.83. The zero-order valence-electron chi connectivity index (χ0n) is 13.6. The topological polar surface area (TPSA) is 93.3 Å². The minimum atomic E-state index is -3.59. The molecule has 2 aromatic rings. The Bertz CT molecular complexity index is 765. The quantitative estimate of drug-likeness (QED) is 0.798. The molecular formula is C15H21N3O4S. The van der Waals surface area contributed by atoms with Gasteiger partial charge in [0, 0.05) is 12.6 Å². The van der Waals surface area contributed by atoms with Crippen molar-refractivity contribution in [3.05, 3.63) is 35.2 Å². The zero-order valence-corrected chi connectivity index (χ0v) is 14.5. The Hall–Kier alpha value is -2.06. The first-order chi connectivity index (χ1) is 10.9. The second-order valence-corrected chi connectivity index (χ2v) is 6.79. The highest BCUT2D eigenvalue weighted by atomic mass is 32.2. The highest BCUT2D eigenvalue weighted by Gasteiger charge is 2.21. The lowest BCUT2D eigenvalue weighted by Crippen LogP contribution is -2.27. The van der Waals surface area contributed by atoms with Crippen molar-refractivity contribution in [3.8, 4) is 11.5 Å². The van der Waals surface area contributed by atoms with Crippen LogP contribution in [0.2, 0.25) is 0 Å². The molecular weight excluding hydrogens is 318 g/mol. The van der Waals surface area contributed by atoms with E-state index in [1.807, 2.05) is 12.1 Å². The second-order valence-electron chi connectivity index (χ2n) is 5.09. The van der Waals surface area contributed by atoms with E-state index in [0.717, 1.165) is 5.56 Å². The number of ether oxygens (including phenoxy) is 2. The Morgan fingerprint density at radius 1 is 1.22 bits per heavy atom. The van der Waals surface area contributed by atoms with Crippen molar-refractivity contribution < 1.29 is 17.9 Å². The van der Waals surface area contributed by atoms with E-state index in [1.54, 1.807) is 34.1 Å². The summed E-state index contributed by atoms with van der Waals surface area (Å²) in [5.41, 5.74) is 1.88. The van der Waals surface area contributed by atoms with E-state index >= 15 is 0 Å². The number of aryl methyl sites for hydroxylation is 2. The summed E-state index contributed by atoms with van der Waals surface area (Å²) < 4.78 is 37.8. The maximum Gasteiger partial charge on any atom is 0.244 e. The van der Waals surface area contributed by atoms with E-state index in [2.05, 4.69) is 14.9 Å². The van der Waals surface area contributed by atoms with Crippen molar-refractivity contribution in [2.24, 2.45) is 0 Å². The van der Waals surface area contributed by atoms with Gasteiger partial charge in [-0.15, -0.1) is 0 Å². The summed E-state index contributed by atoms with van der Waals surface area (Å²) in [6.45, 7) is 3.60. The maximum atomic E-state index is 12.4. The molecule has 0 saturated heterocycles.